The molecule has 10 rings (SSSR count). The molecule has 2 atom stereocenters. The van der Waals surface area contributed by atoms with Crippen LogP contribution in [0.3, 0.4) is 0 Å². The molecule has 2 saturated heterocycles. The Morgan fingerprint density at radius 1 is 0.627 bits per heavy atom. The lowest BCUT2D eigenvalue weighted by Crippen LogP contribution is -2.36. The highest BCUT2D eigenvalue weighted by Crippen LogP contribution is 2.33. The van der Waals surface area contributed by atoms with Crippen molar-refractivity contribution in [3.63, 3.8) is 0 Å². The van der Waals surface area contributed by atoms with Crippen molar-refractivity contribution in [2.24, 2.45) is 0 Å². The first kappa shape index (κ1) is 52.5. The van der Waals surface area contributed by atoms with E-state index in [4.69, 9.17) is 24.3 Å². The summed E-state index contributed by atoms with van der Waals surface area (Å²) in [6.07, 6.45) is -1.93. The first-order chi connectivity index (χ1) is 36.2. The summed E-state index contributed by atoms with van der Waals surface area (Å²) in [4.78, 5) is 65.0. The Hall–Kier alpha value is -8.82. The number of amides is 2. The molecule has 2 aliphatic heterocycles. The Morgan fingerprint density at radius 3 is 1.41 bits per heavy atom. The van der Waals surface area contributed by atoms with E-state index in [0.29, 0.717) is 60.4 Å². The fraction of sp³-hybridized carbons (Fsp3) is 0.236. The second-order valence-corrected chi connectivity index (χ2v) is 18.2. The standard InChI is InChI=1S/2C25H22N4O5.C5H14NO/c2*1-2-33-24-26-20-9-5-8-19(23(30)31)21(20)29(24)14-15-10-12-16(13-11-15)17-6-3-4-7-18(17)22-27-25(32)34-28-22;1-6(2,3)4-5-7/h2*3-13,22,28H,2,14H2,1H3,(H,27,32)(H,30,31);7H,4-5H2,1-3H3/q;;+1/p-1. The van der Waals surface area contributed by atoms with Crippen LogP contribution in [-0.2, 0) is 22.8 Å². The topological polar surface area (TPSA) is 252 Å². The third kappa shape index (κ3) is 12.3. The van der Waals surface area contributed by atoms with Crippen molar-refractivity contribution in [2.45, 2.75) is 39.3 Å². The van der Waals surface area contributed by atoms with Crippen LogP contribution < -0.4 is 36.2 Å². The molecule has 2 aromatic heterocycles. The number of ether oxygens (including phenoxy) is 2. The van der Waals surface area contributed by atoms with Gasteiger partial charge < -0.3 is 43.7 Å². The van der Waals surface area contributed by atoms with Gasteiger partial charge in [-0.2, -0.15) is 9.97 Å². The molecular weight excluding hydrogens is 963 g/mol. The fourth-order valence-corrected chi connectivity index (χ4v) is 8.57. The predicted molar refractivity (Wildman–Crippen MR) is 276 cm³/mol. The van der Waals surface area contributed by atoms with E-state index in [1.165, 1.54) is 6.07 Å². The molecule has 0 aliphatic carbocycles. The summed E-state index contributed by atoms with van der Waals surface area (Å²) in [5.41, 5.74) is 15.2. The number of imidazole rings is 2. The number of hydroxylamine groups is 2. The largest absolute Gasteiger partial charge is 0.545 e. The average Bonchev–Trinajstić information content (AvgIpc) is 4.20. The quantitative estimate of drug-likeness (QED) is 0.0563. The number of aromatic nitrogens is 4. The minimum absolute atomic E-state index is 0.0647. The monoisotopic (exact) mass is 1020 g/mol. The molecule has 2 fully saturated rings. The van der Waals surface area contributed by atoms with E-state index in [-0.39, 0.29) is 17.7 Å². The number of benzene rings is 6. The number of aliphatic hydroxyl groups is 1. The van der Waals surface area contributed by atoms with Crippen LogP contribution in [0.2, 0.25) is 0 Å². The predicted octanol–water partition coefficient (Wildman–Crippen LogP) is 6.53. The van der Waals surface area contributed by atoms with Gasteiger partial charge in [0, 0.05) is 5.56 Å². The zero-order valence-corrected chi connectivity index (χ0v) is 41.9. The van der Waals surface area contributed by atoms with Crippen LogP contribution in [0.1, 0.15) is 69.1 Å². The Balaban J connectivity index is 0.000000177. The van der Waals surface area contributed by atoms with Crippen molar-refractivity contribution in [2.75, 3.05) is 47.5 Å². The van der Waals surface area contributed by atoms with Crippen LogP contribution in [0.5, 0.6) is 12.0 Å². The summed E-state index contributed by atoms with van der Waals surface area (Å²) in [5.74, 6) is -2.28. The zero-order valence-electron chi connectivity index (χ0n) is 41.9. The number of hydrogen-bond acceptors (Lipinski definition) is 14. The van der Waals surface area contributed by atoms with Crippen molar-refractivity contribution in [1.29, 1.82) is 0 Å². The van der Waals surface area contributed by atoms with E-state index < -0.39 is 36.5 Å². The second kappa shape index (κ2) is 23.4. The summed E-state index contributed by atoms with van der Waals surface area (Å²) in [5, 5.41) is 35.2. The molecule has 0 spiro atoms. The summed E-state index contributed by atoms with van der Waals surface area (Å²) in [6.45, 7) is 6.40. The van der Waals surface area contributed by atoms with E-state index in [1.54, 1.807) is 39.5 Å². The van der Waals surface area contributed by atoms with Gasteiger partial charge in [-0.15, -0.1) is 11.0 Å². The van der Waals surface area contributed by atoms with E-state index >= 15 is 0 Å². The van der Waals surface area contributed by atoms with Crippen LogP contribution >= 0.6 is 0 Å². The molecule has 388 valence electrons. The summed E-state index contributed by atoms with van der Waals surface area (Å²) >= 11 is 0. The number of likely N-dealkylation sites (N-methyl/N-ethyl adjacent to an activating group) is 1. The highest BCUT2D eigenvalue weighted by Gasteiger charge is 2.27. The number of fused-ring (bicyclic) bond motifs is 2. The number of aromatic carboxylic acids is 2. The van der Waals surface area contributed by atoms with Gasteiger partial charge in [-0.3, -0.25) is 19.8 Å². The molecule has 20 heteroatoms. The zero-order chi connectivity index (χ0) is 53.2. The first-order valence-electron chi connectivity index (χ1n) is 24.1. The van der Waals surface area contributed by atoms with Crippen molar-refractivity contribution < 1.29 is 58.1 Å². The number of para-hydroxylation sites is 2. The number of carboxylic acid groups (broad SMARTS) is 2. The molecule has 2 amide bonds. The van der Waals surface area contributed by atoms with Gasteiger partial charge in [0.15, 0.2) is 0 Å². The number of aliphatic hydroxyl groups excluding tert-OH is 1. The van der Waals surface area contributed by atoms with Crippen LogP contribution in [0, 0.1) is 0 Å². The number of quaternary nitrogens is 1. The lowest BCUT2D eigenvalue weighted by molar-refractivity contribution is -0.870. The molecule has 8 aromatic rings. The normalized spacial score (nSPS) is 14.9. The van der Waals surface area contributed by atoms with Gasteiger partial charge in [0.2, 0.25) is 0 Å². The smallest absolute Gasteiger partial charge is 0.427 e. The molecule has 4 heterocycles. The Kier molecular flexibility index (Phi) is 16.4. The summed E-state index contributed by atoms with van der Waals surface area (Å²) in [7, 11) is 6.16. The number of nitrogens with zero attached hydrogens (tertiary/aromatic N) is 5. The lowest BCUT2D eigenvalue weighted by atomic mass is 9.97. The third-order valence-electron chi connectivity index (χ3n) is 12.0. The molecule has 2 aliphatic rings. The highest BCUT2D eigenvalue weighted by atomic mass is 16.7. The fourth-order valence-electron chi connectivity index (χ4n) is 8.57. The molecule has 0 saturated carbocycles. The van der Waals surface area contributed by atoms with E-state index in [1.807, 2.05) is 111 Å². The molecule has 2 unspecified atom stereocenters. The van der Waals surface area contributed by atoms with Crippen LogP contribution in [0.4, 0.5) is 9.59 Å². The second-order valence-electron chi connectivity index (χ2n) is 18.2. The average molecular weight is 1020 g/mol. The maximum Gasteiger partial charge on any atom is 0.427 e. The minimum Gasteiger partial charge on any atom is -0.545 e. The Labute approximate surface area is 431 Å². The van der Waals surface area contributed by atoms with E-state index in [9.17, 15) is 29.4 Å². The van der Waals surface area contributed by atoms with Gasteiger partial charge in [-0.05, 0) is 76.6 Å². The van der Waals surface area contributed by atoms with Gasteiger partial charge in [0.25, 0.3) is 12.0 Å². The van der Waals surface area contributed by atoms with Gasteiger partial charge in [0.1, 0.15) is 18.9 Å². The minimum atomic E-state index is -1.27. The molecule has 0 radical (unpaired) electrons. The van der Waals surface area contributed by atoms with Gasteiger partial charge >= 0.3 is 18.2 Å². The number of carboxylic acids is 2. The first-order valence-corrected chi connectivity index (χ1v) is 24.1. The summed E-state index contributed by atoms with van der Waals surface area (Å²) in [6, 6.07) is 41.9. The number of carbonyl (C=O) groups excluding carboxylic acids is 3. The van der Waals surface area contributed by atoms with Gasteiger partial charge in [0.05, 0.1) is 87.7 Å². The van der Waals surface area contributed by atoms with E-state index in [0.717, 1.165) is 55.5 Å². The SMILES string of the molecule is CCOc1nc2cccc(C(=O)O)c2n1Cc1ccc(-c2ccccc2C2NOC(=O)N2)cc1.CCOc1nc2cccc(C(=O)[O-])c2n1Cc1ccc(-c2ccccc2C2NOC(=O)N2)cc1.C[N+](C)(C)CCO. The van der Waals surface area contributed by atoms with Gasteiger partial charge in [-0.25, -0.2) is 14.4 Å². The molecule has 6 N–H and O–H groups in total. The van der Waals surface area contributed by atoms with Crippen LogP contribution in [0.15, 0.2) is 133 Å². The van der Waals surface area contributed by atoms with Crippen molar-refractivity contribution in [3.05, 3.63) is 167 Å². The van der Waals surface area contributed by atoms with Crippen LogP contribution in [0.25, 0.3) is 44.3 Å². The maximum absolute atomic E-state index is 11.8. The molecule has 0 bridgehead atoms. The van der Waals surface area contributed by atoms with Crippen molar-refractivity contribution in [1.82, 2.24) is 40.7 Å². The molecule has 75 heavy (non-hydrogen) atoms. The maximum atomic E-state index is 11.8. The van der Waals surface area contributed by atoms with Crippen molar-refractivity contribution >= 4 is 46.2 Å². The molecular formula is C55H57N9O11. The Morgan fingerprint density at radius 2 is 1.05 bits per heavy atom. The number of nitrogens with one attached hydrogen (secondary N) is 4. The lowest BCUT2D eigenvalue weighted by Gasteiger charge is -2.21. The molecule has 20 nitrogen and oxygen atoms in total. The number of hydrogen-bond donors (Lipinski definition) is 6. The van der Waals surface area contributed by atoms with E-state index in [2.05, 4.69) is 52.7 Å². The Bertz CT molecular complexity index is 3120. The highest BCUT2D eigenvalue weighted by molar-refractivity contribution is 6.02. The summed E-state index contributed by atoms with van der Waals surface area (Å²) < 4.78 is 15.8. The van der Waals surface area contributed by atoms with Crippen LogP contribution in [-0.4, -0.2) is 105 Å². The van der Waals surface area contributed by atoms with Gasteiger partial charge in [-0.1, -0.05) is 115 Å². The molecule has 6 aromatic carbocycles. The number of rotatable bonds is 16. The number of carbonyl (C=O) groups is 4. The van der Waals surface area contributed by atoms with Crippen molar-refractivity contribution in [3.8, 4) is 34.3 Å². The third-order valence-corrected chi connectivity index (χ3v) is 12.0.